The van der Waals surface area contributed by atoms with Crippen molar-refractivity contribution in [1.29, 1.82) is 0 Å². The quantitative estimate of drug-likeness (QED) is 0.636. The Labute approximate surface area is 80.1 Å². The van der Waals surface area contributed by atoms with Gasteiger partial charge in [0.25, 0.3) is 0 Å². The molecule has 1 fully saturated rings. The van der Waals surface area contributed by atoms with Crippen LogP contribution in [0.25, 0.3) is 0 Å². The molecular formula is C9H10N2O3. The minimum atomic E-state index is -0.245. The zero-order valence-corrected chi connectivity index (χ0v) is 7.45. The van der Waals surface area contributed by atoms with E-state index in [1.807, 2.05) is 0 Å². The molecular weight excluding hydrogens is 184 g/mol. The standard InChI is InChI=1S/C9H10N2O3/c12-8-3-1-2-6(10-8)7-4-14-5-9(13)11-7/h1-3,7H,4-5H2,(H,10,12)(H,11,13)/t7-/m0/s1. The van der Waals surface area contributed by atoms with Gasteiger partial charge < -0.3 is 15.0 Å². The van der Waals surface area contributed by atoms with Crippen LogP contribution >= 0.6 is 0 Å². The van der Waals surface area contributed by atoms with Crippen LogP contribution in [0.3, 0.4) is 0 Å². The summed E-state index contributed by atoms with van der Waals surface area (Å²) in [6, 6.07) is 4.58. The monoisotopic (exact) mass is 194 g/mol. The summed E-state index contributed by atoms with van der Waals surface area (Å²) < 4.78 is 5.05. The van der Waals surface area contributed by atoms with Gasteiger partial charge in [0.05, 0.1) is 12.6 Å². The molecule has 1 aromatic rings. The average Bonchev–Trinajstić information content (AvgIpc) is 2.18. The Balaban J connectivity index is 2.22. The van der Waals surface area contributed by atoms with Crippen molar-refractivity contribution >= 4 is 5.91 Å². The first kappa shape index (κ1) is 8.96. The molecule has 0 radical (unpaired) electrons. The average molecular weight is 194 g/mol. The molecule has 14 heavy (non-hydrogen) atoms. The van der Waals surface area contributed by atoms with Crippen molar-refractivity contribution < 1.29 is 9.53 Å². The number of nitrogens with one attached hydrogen (secondary N) is 2. The number of carbonyl (C=O) groups excluding carboxylic acids is 1. The molecule has 0 spiro atoms. The van der Waals surface area contributed by atoms with Crippen molar-refractivity contribution in [2.45, 2.75) is 6.04 Å². The Morgan fingerprint density at radius 1 is 1.36 bits per heavy atom. The van der Waals surface area contributed by atoms with Gasteiger partial charge in [-0.2, -0.15) is 0 Å². The molecule has 0 aromatic carbocycles. The Kier molecular flexibility index (Phi) is 2.32. The summed E-state index contributed by atoms with van der Waals surface area (Å²) in [7, 11) is 0. The molecule has 1 aliphatic heterocycles. The number of H-pyrrole nitrogens is 1. The van der Waals surface area contributed by atoms with Crippen LogP contribution in [0.2, 0.25) is 0 Å². The number of rotatable bonds is 1. The Morgan fingerprint density at radius 2 is 2.21 bits per heavy atom. The highest BCUT2D eigenvalue weighted by atomic mass is 16.5. The SMILES string of the molecule is O=C1COC[C@@H](c2cccc(=O)[nH]2)N1. The third kappa shape index (κ3) is 1.82. The molecule has 1 atom stereocenters. The van der Waals surface area contributed by atoms with Crippen molar-refractivity contribution in [3.63, 3.8) is 0 Å². The normalized spacial score (nSPS) is 21.7. The summed E-state index contributed by atoms with van der Waals surface area (Å²) in [6.45, 7) is 0.485. The number of carbonyl (C=O) groups is 1. The van der Waals surface area contributed by atoms with E-state index in [2.05, 4.69) is 10.3 Å². The summed E-state index contributed by atoms with van der Waals surface area (Å²) >= 11 is 0. The molecule has 2 N–H and O–H groups in total. The summed E-state index contributed by atoms with van der Waals surface area (Å²) in [5.41, 5.74) is 0.493. The van der Waals surface area contributed by atoms with Gasteiger partial charge in [-0.1, -0.05) is 6.07 Å². The lowest BCUT2D eigenvalue weighted by Gasteiger charge is -2.23. The van der Waals surface area contributed by atoms with Gasteiger partial charge in [-0.3, -0.25) is 9.59 Å². The lowest BCUT2D eigenvalue weighted by Crippen LogP contribution is -2.40. The maximum absolute atomic E-state index is 11.0. The number of ether oxygens (including phenoxy) is 1. The molecule has 2 heterocycles. The lowest BCUT2D eigenvalue weighted by molar-refractivity contribution is -0.131. The zero-order valence-electron chi connectivity index (χ0n) is 7.45. The van der Waals surface area contributed by atoms with Crippen LogP contribution in [0.1, 0.15) is 11.7 Å². The van der Waals surface area contributed by atoms with E-state index in [9.17, 15) is 9.59 Å². The highest BCUT2D eigenvalue weighted by Gasteiger charge is 2.20. The number of hydrogen-bond donors (Lipinski definition) is 2. The number of aromatic amines is 1. The molecule has 5 heteroatoms. The molecule has 1 aromatic heterocycles. The maximum Gasteiger partial charge on any atom is 0.248 e. The highest BCUT2D eigenvalue weighted by Crippen LogP contribution is 2.11. The molecule has 5 nitrogen and oxygen atoms in total. The topological polar surface area (TPSA) is 71.2 Å². The van der Waals surface area contributed by atoms with Gasteiger partial charge in [0.15, 0.2) is 0 Å². The van der Waals surface area contributed by atoms with Crippen LogP contribution in [0.4, 0.5) is 0 Å². The first-order valence-electron chi connectivity index (χ1n) is 4.32. The van der Waals surface area contributed by atoms with Crippen LogP contribution in [0.15, 0.2) is 23.0 Å². The van der Waals surface area contributed by atoms with Crippen LogP contribution in [0, 0.1) is 0 Å². The van der Waals surface area contributed by atoms with E-state index >= 15 is 0 Å². The fraction of sp³-hybridized carbons (Fsp3) is 0.333. The fourth-order valence-electron chi connectivity index (χ4n) is 1.38. The number of hydrogen-bond acceptors (Lipinski definition) is 3. The van der Waals surface area contributed by atoms with E-state index in [4.69, 9.17) is 4.74 Å². The summed E-state index contributed by atoms with van der Waals surface area (Å²) in [5, 5.41) is 2.73. The molecule has 1 amide bonds. The van der Waals surface area contributed by atoms with E-state index in [1.54, 1.807) is 12.1 Å². The van der Waals surface area contributed by atoms with Crippen LogP contribution in [-0.2, 0) is 9.53 Å². The summed E-state index contributed by atoms with van der Waals surface area (Å²) in [6.07, 6.45) is 0. The first-order valence-corrected chi connectivity index (χ1v) is 4.32. The zero-order chi connectivity index (χ0) is 9.97. The molecule has 1 saturated heterocycles. The minimum absolute atomic E-state index is 0.0908. The second-order valence-electron chi connectivity index (χ2n) is 3.11. The van der Waals surface area contributed by atoms with Gasteiger partial charge in [-0.25, -0.2) is 0 Å². The number of pyridine rings is 1. The Morgan fingerprint density at radius 3 is 2.93 bits per heavy atom. The molecule has 74 valence electrons. The van der Waals surface area contributed by atoms with E-state index in [0.29, 0.717) is 12.3 Å². The van der Waals surface area contributed by atoms with Crippen LogP contribution in [0.5, 0.6) is 0 Å². The third-order valence-corrected chi connectivity index (χ3v) is 2.02. The third-order valence-electron chi connectivity index (χ3n) is 2.02. The second-order valence-corrected chi connectivity index (χ2v) is 3.11. The van der Waals surface area contributed by atoms with Gasteiger partial charge >= 0.3 is 0 Å². The second kappa shape index (κ2) is 3.63. The molecule has 2 rings (SSSR count). The number of amides is 1. The van der Waals surface area contributed by atoms with E-state index in [-0.39, 0.29) is 24.1 Å². The fourth-order valence-corrected chi connectivity index (χ4v) is 1.38. The smallest absolute Gasteiger partial charge is 0.248 e. The van der Waals surface area contributed by atoms with Crippen molar-refractivity contribution in [2.75, 3.05) is 13.2 Å². The number of aromatic nitrogens is 1. The van der Waals surface area contributed by atoms with E-state index in [0.717, 1.165) is 0 Å². The van der Waals surface area contributed by atoms with E-state index < -0.39 is 0 Å². The molecule has 0 saturated carbocycles. The van der Waals surface area contributed by atoms with Gasteiger partial charge in [0.1, 0.15) is 6.61 Å². The molecule has 0 unspecified atom stereocenters. The van der Waals surface area contributed by atoms with E-state index in [1.165, 1.54) is 6.07 Å². The maximum atomic E-state index is 11.0. The van der Waals surface area contributed by atoms with Crippen molar-refractivity contribution in [3.8, 4) is 0 Å². The molecule has 1 aliphatic rings. The predicted octanol–water partition coefficient (Wildman–Crippen LogP) is -0.438. The Hall–Kier alpha value is -1.62. The van der Waals surface area contributed by atoms with Crippen molar-refractivity contribution in [3.05, 3.63) is 34.2 Å². The summed E-state index contributed by atoms with van der Waals surface area (Å²) in [4.78, 5) is 24.7. The highest BCUT2D eigenvalue weighted by molar-refractivity contribution is 5.78. The Bertz CT molecular complexity index is 399. The van der Waals surface area contributed by atoms with Crippen molar-refractivity contribution in [2.24, 2.45) is 0 Å². The first-order chi connectivity index (χ1) is 6.75. The lowest BCUT2D eigenvalue weighted by atomic mass is 10.2. The molecule has 0 aliphatic carbocycles. The number of morpholine rings is 1. The van der Waals surface area contributed by atoms with Crippen LogP contribution in [-0.4, -0.2) is 24.1 Å². The minimum Gasteiger partial charge on any atom is -0.369 e. The van der Waals surface area contributed by atoms with Crippen LogP contribution < -0.4 is 10.9 Å². The van der Waals surface area contributed by atoms with Gasteiger partial charge in [0.2, 0.25) is 11.5 Å². The largest absolute Gasteiger partial charge is 0.369 e. The van der Waals surface area contributed by atoms with Gasteiger partial charge in [-0.15, -0.1) is 0 Å². The van der Waals surface area contributed by atoms with Gasteiger partial charge in [0, 0.05) is 11.8 Å². The predicted molar refractivity (Wildman–Crippen MR) is 48.8 cm³/mol. The van der Waals surface area contributed by atoms with Gasteiger partial charge in [-0.05, 0) is 6.07 Å². The summed E-state index contributed by atoms with van der Waals surface area (Å²) in [5.74, 6) is -0.161. The molecule has 0 bridgehead atoms. The van der Waals surface area contributed by atoms with Crippen molar-refractivity contribution in [1.82, 2.24) is 10.3 Å².